The Morgan fingerprint density at radius 2 is 1.87 bits per heavy atom. The number of carbonyl (C=O) groups excluding carboxylic acids is 3. The van der Waals surface area contributed by atoms with E-state index in [0.717, 1.165) is 11.3 Å². The second kappa shape index (κ2) is 7.94. The molecule has 3 amide bonds. The second-order valence-electron chi connectivity index (χ2n) is 7.74. The molecule has 8 heteroatoms. The highest BCUT2D eigenvalue weighted by Crippen LogP contribution is 2.37. The van der Waals surface area contributed by atoms with Gasteiger partial charge in [-0.05, 0) is 49.7 Å². The van der Waals surface area contributed by atoms with Gasteiger partial charge in [-0.2, -0.15) is 0 Å². The molecule has 2 aromatic carbocycles. The minimum absolute atomic E-state index is 0.0187. The van der Waals surface area contributed by atoms with E-state index in [0.29, 0.717) is 47.2 Å². The van der Waals surface area contributed by atoms with Gasteiger partial charge >= 0.3 is 6.03 Å². The van der Waals surface area contributed by atoms with Crippen LogP contribution < -0.4 is 19.5 Å². The maximum absolute atomic E-state index is 13.4. The number of ether oxygens (including phenoxy) is 3. The van der Waals surface area contributed by atoms with Gasteiger partial charge in [-0.3, -0.25) is 14.5 Å². The lowest BCUT2D eigenvalue weighted by atomic mass is 9.91. The SMILES string of the molecule is COc1ccc(C(C)=O)cc1CN1C(=O)NC(C)(c2ccc3c(c2)OCCCO3)C1=O. The summed E-state index contributed by atoms with van der Waals surface area (Å²) in [5, 5.41) is 2.80. The largest absolute Gasteiger partial charge is 0.496 e. The van der Waals surface area contributed by atoms with Crippen molar-refractivity contribution in [1.82, 2.24) is 10.2 Å². The summed E-state index contributed by atoms with van der Waals surface area (Å²) in [6.07, 6.45) is 0.770. The molecular formula is C23H24N2O6. The van der Waals surface area contributed by atoms with Crippen molar-refractivity contribution >= 4 is 17.7 Å². The summed E-state index contributed by atoms with van der Waals surface area (Å²) in [6.45, 7) is 4.19. The van der Waals surface area contributed by atoms with Crippen molar-refractivity contribution in [3.05, 3.63) is 53.1 Å². The van der Waals surface area contributed by atoms with Crippen LogP contribution in [0.3, 0.4) is 0 Å². The Kier molecular flexibility index (Phi) is 5.31. The van der Waals surface area contributed by atoms with Gasteiger partial charge in [-0.15, -0.1) is 0 Å². The van der Waals surface area contributed by atoms with Crippen molar-refractivity contribution in [3.8, 4) is 17.2 Å². The number of carbonyl (C=O) groups is 3. The van der Waals surface area contributed by atoms with Crippen LogP contribution in [0, 0.1) is 0 Å². The molecule has 1 saturated heterocycles. The van der Waals surface area contributed by atoms with Crippen molar-refractivity contribution in [2.75, 3.05) is 20.3 Å². The predicted octanol–water partition coefficient (Wildman–Crippen LogP) is 3.03. The van der Waals surface area contributed by atoms with E-state index in [1.165, 1.54) is 14.0 Å². The van der Waals surface area contributed by atoms with E-state index < -0.39 is 17.5 Å². The minimum Gasteiger partial charge on any atom is -0.496 e. The van der Waals surface area contributed by atoms with Crippen molar-refractivity contribution in [2.24, 2.45) is 0 Å². The van der Waals surface area contributed by atoms with E-state index in [1.807, 2.05) is 0 Å². The van der Waals surface area contributed by atoms with Crippen LogP contribution in [-0.4, -0.2) is 42.9 Å². The zero-order valence-corrected chi connectivity index (χ0v) is 17.7. The molecule has 0 spiro atoms. The Hall–Kier alpha value is -3.55. The third-order valence-electron chi connectivity index (χ3n) is 5.62. The van der Waals surface area contributed by atoms with Gasteiger partial charge in [0.2, 0.25) is 0 Å². The number of methoxy groups -OCH3 is 1. The molecule has 2 aliphatic heterocycles. The number of nitrogens with one attached hydrogen (secondary N) is 1. The fraction of sp³-hybridized carbons (Fsp3) is 0.348. The van der Waals surface area contributed by atoms with Crippen LogP contribution in [0.25, 0.3) is 0 Å². The van der Waals surface area contributed by atoms with Gasteiger partial charge in [0.15, 0.2) is 17.3 Å². The Balaban J connectivity index is 1.64. The topological polar surface area (TPSA) is 94.2 Å². The lowest BCUT2D eigenvalue weighted by molar-refractivity contribution is -0.131. The van der Waals surface area contributed by atoms with Crippen LogP contribution in [0.4, 0.5) is 4.79 Å². The van der Waals surface area contributed by atoms with E-state index in [9.17, 15) is 14.4 Å². The Labute approximate surface area is 180 Å². The molecule has 1 atom stereocenters. The predicted molar refractivity (Wildman–Crippen MR) is 111 cm³/mol. The molecule has 0 bridgehead atoms. The lowest BCUT2D eigenvalue weighted by Gasteiger charge is -2.23. The molecule has 2 heterocycles. The maximum Gasteiger partial charge on any atom is 0.325 e. The number of ketones is 1. The first-order valence-electron chi connectivity index (χ1n) is 10.1. The molecule has 1 fully saturated rings. The van der Waals surface area contributed by atoms with Crippen molar-refractivity contribution < 1.29 is 28.6 Å². The summed E-state index contributed by atoms with van der Waals surface area (Å²) in [4.78, 5) is 39.0. The molecular weight excluding hydrogens is 400 g/mol. The summed E-state index contributed by atoms with van der Waals surface area (Å²) in [7, 11) is 1.50. The highest BCUT2D eigenvalue weighted by molar-refractivity contribution is 6.07. The normalized spacial score (nSPS) is 20.3. The van der Waals surface area contributed by atoms with Gasteiger partial charge in [0.05, 0.1) is 26.9 Å². The Morgan fingerprint density at radius 1 is 1.13 bits per heavy atom. The third-order valence-corrected chi connectivity index (χ3v) is 5.62. The smallest absolute Gasteiger partial charge is 0.325 e. The number of rotatable bonds is 5. The van der Waals surface area contributed by atoms with E-state index in [-0.39, 0.29) is 12.3 Å². The van der Waals surface area contributed by atoms with E-state index in [1.54, 1.807) is 43.3 Å². The molecule has 1 N–H and O–H groups in total. The number of fused-ring (bicyclic) bond motifs is 1. The lowest BCUT2D eigenvalue weighted by Crippen LogP contribution is -2.40. The summed E-state index contributed by atoms with van der Waals surface area (Å²) < 4.78 is 16.7. The number of imide groups is 1. The standard InChI is InChI=1S/C23H24N2O6/c1-14(26)15-5-7-18(29-3)16(11-15)13-25-21(27)23(2,24-22(25)28)17-6-8-19-20(12-17)31-10-4-9-30-19/h5-8,11-12H,4,9-10,13H2,1-3H3,(H,24,28). The van der Waals surface area contributed by atoms with Crippen molar-refractivity contribution in [2.45, 2.75) is 32.4 Å². The van der Waals surface area contributed by atoms with Crippen LogP contribution in [-0.2, 0) is 16.9 Å². The average Bonchev–Trinajstić information content (AvgIpc) is 2.92. The van der Waals surface area contributed by atoms with Crippen LogP contribution in [0.5, 0.6) is 17.2 Å². The number of nitrogens with zero attached hydrogens (tertiary/aromatic N) is 1. The van der Waals surface area contributed by atoms with Gasteiger partial charge in [0.1, 0.15) is 11.3 Å². The number of benzene rings is 2. The zero-order valence-electron chi connectivity index (χ0n) is 17.7. The summed E-state index contributed by atoms with van der Waals surface area (Å²) in [5.74, 6) is 1.15. The van der Waals surface area contributed by atoms with Gasteiger partial charge in [0.25, 0.3) is 5.91 Å². The minimum atomic E-state index is -1.26. The Morgan fingerprint density at radius 3 is 2.58 bits per heavy atom. The number of Topliss-reactive ketones (excluding diaryl/α,β-unsaturated/α-hetero) is 1. The first kappa shape index (κ1) is 20.7. The number of amides is 3. The summed E-state index contributed by atoms with van der Waals surface area (Å²) >= 11 is 0. The second-order valence-corrected chi connectivity index (χ2v) is 7.74. The zero-order chi connectivity index (χ0) is 22.2. The first-order valence-corrected chi connectivity index (χ1v) is 10.1. The highest BCUT2D eigenvalue weighted by Gasteiger charge is 2.49. The van der Waals surface area contributed by atoms with Gasteiger partial charge in [-0.25, -0.2) is 4.79 Å². The van der Waals surface area contributed by atoms with Crippen LogP contribution >= 0.6 is 0 Å². The van der Waals surface area contributed by atoms with Gasteiger partial charge < -0.3 is 19.5 Å². The van der Waals surface area contributed by atoms with Crippen molar-refractivity contribution in [1.29, 1.82) is 0 Å². The molecule has 31 heavy (non-hydrogen) atoms. The third kappa shape index (κ3) is 3.69. The van der Waals surface area contributed by atoms with E-state index in [4.69, 9.17) is 14.2 Å². The molecule has 0 aliphatic carbocycles. The first-order chi connectivity index (χ1) is 14.8. The molecule has 0 radical (unpaired) electrons. The molecule has 2 aromatic rings. The summed E-state index contributed by atoms with van der Waals surface area (Å²) in [6, 6.07) is 9.68. The number of hydrogen-bond acceptors (Lipinski definition) is 6. The molecule has 2 aliphatic rings. The van der Waals surface area contributed by atoms with Crippen LogP contribution in [0.15, 0.2) is 36.4 Å². The van der Waals surface area contributed by atoms with E-state index >= 15 is 0 Å². The van der Waals surface area contributed by atoms with Gasteiger partial charge in [0, 0.05) is 17.5 Å². The quantitative estimate of drug-likeness (QED) is 0.586. The van der Waals surface area contributed by atoms with Crippen molar-refractivity contribution in [3.63, 3.8) is 0 Å². The fourth-order valence-corrected chi connectivity index (χ4v) is 3.80. The molecule has 162 valence electrons. The summed E-state index contributed by atoms with van der Waals surface area (Å²) in [5.41, 5.74) is 0.393. The van der Waals surface area contributed by atoms with Crippen LogP contribution in [0.1, 0.15) is 41.8 Å². The van der Waals surface area contributed by atoms with Gasteiger partial charge in [-0.1, -0.05) is 6.07 Å². The molecule has 0 aromatic heterocycles. The van der Waals surface area contributed by atoms with E-state index in [2.05, 4.69) is 5.32 Å². The average molecular weight is 424 g/mol. The number of hydrogen-bond donors (Lipinski definition) is 1. The fourth-order valence-electron chi connectivity index (χ4n) is 3.80. The maximum atomic E-state index is 13.4. The monoisotopic (exact) mass is 424 g/mol. The Bertz CT molecular complexity index is 1070. The number of urea groups is 1. The molecule has 4 rings (SSSR count). The molecule has 8 nitrogen and oxygen atoms in total. The van der Waals surface area contributed by atoms with Crippen LogP contribution in [0.2, 0.25) is 0 Å². The molecule has 1 unspecified atom stereocenters. The highest BCUT2D eigenvalue weighted by atomic mass is 16.5. The molecule has 0 saturated carbocycles.